The lowest BCUT2D eigenvalue weighted by Gasteiger charge is -2.13. The smallest absolute Gasteiger partial charge is 0.471 e. The minimum absolute atomic E-state index is 0.246. The van der Waals surface area contributed by atoms with Crippen LogP contribution in [0.1, 0.15) is 30.2 Å². The number of hydrogen-bond donors (Lipinski definition) is 1. The second kappa shape index (κ2) is 5.49. The minimum Gasteiger partial charge on any atom is -0.494 e. The van der Waals surface area contributed by atoms with Gasteiger partial charge in [-0.25, -0.2) is 0 Å². The van der Waals surface area contributed by atoms with Gasteiger partial charge in [0, 0.05) is 5.56 Å². The van der Waals surface area contributed by atoms with E-state index in [-0.39, 0.29) is 5.82 Å². The quantitative estimate of drug-likeness (QED) is 0.935. The van der Waals surface area contributed by atoms with Crippen LogP contribution in [0.3, 0.4) is 0 Å². The molecule has 2 N–H and O–H groups in total. The second-order valence-electron chi connectivity index (χ2n) is 3.90. The highest BCUT2D eigenvalue weighted by atomic mass is 19.4. The van der Waals surface area contributed by atoms with E-state index >= 15 is 0 Å². The van der Waals surface area contributed by atoms with Crippen molar-refractivity contribution in [1.82, 2.24) is 10.1 Å². The summed E-state index contributed by atoms with van der Waals surface area (Å²) in [5.41, 5.74) is 6.36. The summed E-state index contributed by atoms with van der Waals surface area (Å²) in [6.45, 7) is 2.20. The Hall–Kier alpha value is -2.09. The Bertz CT molecular complexity index is 583. The van der Waals surface area contributed by atoms with E-state index in [1.54, 1.807) is 31.2 Å². The molecular weight excluding hydrogens is 275 g/mol. The summed E-state index contributed by atoms with van der Waals surface area (Å²) in [6, 6.07) is 5.78. The van der Waals surface area contributed by atoms with Crippen LogP contribution >= 0.6 is 0 Å². The van der Waals surface area contributed by atoms with Crippen molar-refractivity contribution in [2.24, 2.45) is 5.73 Å². The van der Waals surface area contributed by atoms with E-state index in [0.29, 0.717) is 17.9 Å². The van der Waals surface area contributed by atoms with E-state index in [0.717, 1.165) is 0 Å². The predicted molar refractivity (Wildman–Crippen MR) is 62.9 cm³/mol. The number of ether oxygens (including phenoxy) is 1. The summed E-state index contributed by atoms with van der Waals surface area (Å²) in [5, 5.41) is 3.27. The van der Waals surface area contributed by atoms with Gasteiger partial charge in [-0.1, -0.05) is 23.4 Å². The van der Waals surface area contributed by atoms with Gasteiger partial charge in [-0.05, 0) is 13.0 Å². The maximum atomic E-state index is 12.4. The molecule has 8 heteroatoms. The highest BCUT2D eigenvalue weighted by Crippen LogP contribution is 2.31. The average Bonchev–Trinajstić information content (AvgIpc) is 2.88. The zero-order valence-electron chi connectivity index (χ0n) is 10.5. The standard InChI is InChI=1S/C12H12F3N3O2/c1-2-19-8-6-4-3-5-7(8)9(16)10-17-11(20-18-10)12(13,14)15/h3-6,9H,2,16H2,1H3. The molecule has 0 aliphatic carbocycles. The van der Waals surface area contributed by atoms with Crippen molar-refractivity contribution in [3.63, 3.8) is 0 Å². The average molecular weight is 287 g/mol. The molecular formula is C12H12F3N3O2. The molecule has 0 spiro atoms. The lowest BCUT2D eigenvalue weighted by atomic mass is 10.1. The summed E-state index contributed by atoms with van der Waals surface area (Å²) in [6.07, 6.45) is -4.69. The van der Waals surface area contributed by atoms with E-state index in [1.165, 1.54) is 0 Å². The van der Waals surface area contributed by atoms with E-state index in [9.17, 15) is 13.2 Å². The molecule has 1 aromatic carbocycles. The lowest BCUT2D eigenvalue weighted by molar-refractivity contribution is -0.159. The Kier molecular flexibility index (Phi) is 3.93. The van der Waals surface area contributed by atoms with Crippen molar-refractivity contribution in [2.45, 2.75) is 19.1 Å². The van der Waals surface area contributed by atoms with Gasteiger partial charge in [0.2, 0.25) is 0 Å². The third-order valence-corrected chi connectivity index (χ3v) is 2.52. The van der Waals surface area contributed by atoms with Crippen LogP contribution in [-0.2, 0) is 6.18 Å². The van der Waals surface area contributed by atoms with Crippen LogP contribution in [-0.4, -0.2) is 16.7 Å². The third-order valence-electron chi connectivity index (χ3n) is 2.52. The first-order valence-corrected chi connectivity index (χ1v) is 5.81. The summed E-state index contributed by atoms with van der Waals surface area (Å²) in [4.78, 5) is 3.28. The highest BCUT2D eigenvalue weighted by Gasteiger charge is 2.39. The number of benzene rings is 1. The first-order chi connectivity index (χ1) is 9.43. The van der Waals surface area contributed by atoms with Gasteiger partial charge in [0.25, 0.3) is 0 Å². The first kappa shape index (κ1) is 14.3. The number of hydrogen-bond acceptors (Lipinski definition) is 5. The SMILES string of the molecule is CCOc1ccccc1C(N)c1noc(C(F)(F)F)n1. The molecule has 0 amide bonds. The van der Waals surface area contributed by atoms with Gasteiger partial charge >= 0.3 is 12.1 Å². The Morgan fingerprint density at radius 2 is 2.05 bits per heavy atom. The monoisotopic (exact) mass is 287 g/mol. The summed E-state index contributed by atoms with van der Waals surface area (Å²) in [5.74, 6) is -1.19. The van der Waals surface area contributed by atoms with E-state index in [2.05, 4.69) is 14.7 Å². The van der Waals surface area contributed by atoms with Gasteiger partial charge in [0.05, 0.1) is 12.6 Å². The van der Waals surface area contributed by atoms with Crippen LogP contribution in [0, 0.1) is 0 Å². The van der Waals surface area contributed by atoms with Crippen LogP contribution in [0.5, 0.6) is 5.75 Å². The predicted octanol–water partition coefficient (Wildman–Crippen LogP) is 2.54. The Morgan fingerprint density at radius 3 is 2.65 bits per heavy atom. The van der Waals surface area contributed by atoms with Crippen LogP contribution in [0.15, 0.2) is 28.8 Å². The fourth-order valence-electron chi connectivity index (χ4n) is 1.64. The summed E-state index contributed by atoms with van der Waals surface area (Å²) < 4.78 is 46.7. The molecule has 0 bridgehead atoms. The fraction of sp³-hybridized carbons (Fsp3) is 0.333. The molecule has 1 atom stereocenters. The maximum Gasteiger partial charge on any atom is 0.471 e. The molecule has 20 heavy (non-hydrogen) atoms. The van der Waals surface area contributed by atoms with Crippen LogP contribution < -0.4 is 10.5 Å². The van der Waals surface area contributed by atoms with Crippen molar-refractivity contribution in [1.29, 1.82) is 0 Å². The van der Waals surface area contributed by atoms with Gasteiger partial charge in [-0.2, -0.15) is 18.2 Å². The fourth-order valence-corrected chi connectivity index (χ4v) is 1.64. The second-order valence-corrected chi connectivity index (χ2v) is 3.90. The normalized spacial score (nSPS) is 13.2. The van der Waals surface area contributed by atoms with Crippen LogP contribution in [0.2, 0.25) is 0 Å². The Labute approximate surface area is 112 Å². The highest BCUT2D eigenvalue weighted by molar-refractivity contribution is 5.38. The molecule has 1 unspecified atom stereocenters. The van der Waals surface area contributed by atoms with Crippen molar-refractivity contribution >= 4 is 0 Å². The topological polar surface area (TPSA) is 74.2 Å². The number of nitrogens with zero attached hydrogens (tertiary/aromatic N) is 2. The molecule has 0 aliphatic heterocycles. The largest absolute Gasteiger partial charge is 0.494 e. The number of nitrogens with two attached hydrogens (primary N) is 1. The van der Waals surface area contributed by atoms with Crippen molar-refractivity contribution in [3.8, 4) is 5.75 Å². The van der Waals surface area contributed by atoms with E-state index < -0.39 is 18.1 Å². The molecule has 2 aromatic rings. The molecule has 5 nitrogen and oxygen atoms in total. The van der Waals surface area contributed by atoms with E-state index in [1.807, 2.05) is 0 Å². The van der Waals surface area contributed by atoms with Crippen molar-refractivity contribution in [3.05, 3.63) is 41.5 Å². The maximum absolute atomic E-state index is 12.4. The molecule has 1 aromatic heterocycles. The van der Waals surface area contributed by atoms with Gasteiger partial charge < -0.3 is 15.0 Å². The first-order valence-electron chi connectivity index (χ1n) is 5.81. The Balaban J connectivity index is 2.32. The summed E-state index contributed by atoms with van der Waals surface area (Å²) >= 11 is 0. The van der Waals surface area contributed by atoms with Gasteiger partial charge in [0.15, 0.2) is 5.82 Å². The molecule has 0 saturated carbocycles. The van der Waals surface area contributed by atoms with Crippen LogP contribution in [0.4, 0.5) is 13.2 Å². The number of rotatable bonds is 4. The molecule has 0 aliphatic rings. The molecule has 2 rings (SSSR count). The molecule has 1 heterocycles. The lowest BCUT2D eigenvalue weighted by Crippen LogP contribution is -2.15. The zero-order valence-corrected chi connectivity index (χ0v) is 10.5. The zero-order chi connectivity index (χ0) is 14.8. The van der Waals surface area contributed by atoms with Crippen LogP contribution in [0.25, 0.3) is 0 Å². The molecule has 0 fully saturated rings. The molecule has 108 valence electrons. The number of aromatic nitrogens is 2. The molecule has 0 saturated heterocycles. The number of halogens is 3. The van der Waals surface area contributed by atoms with Crippen molar-refractivity contribution < 1.29 is 22.4 Å². The van der Waals surface area contributed by atoms with Gasteiger partial charge in [0.1, 0.15) is 5.75 Å². The minimum atomic E-state index is -4.69. The number of para-hydroxylation sites is 1. The van der Waals surface area contributed by atoms with Gasteiger partial charge in [-0.15, -0.1) is 0 Å². The van der Waals surface area contributed by atoms with E-state index in [4.69, 9.17) is 10.5 Å². The number of alkyl halides is 3. The van der Waals surface area contributed by atoms with Crippen molar-refractivity contribution in [2.75, 3.05) is 6.61 Å². The van der Waals surface area contributed by atoms with Gasteiger partial charge in [-0.3, -0.25) is 0 Å². The third kappa shape index (κ3) is 2.90. The summed E-state index contributed by atoms with van der Waals surface area (Å²) in [7, 11) is 0. The molecule has 0 radical (unpaired) electrons. The Morgan fingerprint density at radius 1 is 1.35 bits per heavy atom.